The highest BCUT2D eigenvalue weighted by Gasteiger charge is 2.17. The van der Waals surface area contributed by atoms with E-state index in [1.54, 1.807) is 17.7 Å². The number of hydrogen-bond acceptors (Lipinski definition) is 6. The molecular weight excluding hydrogens is 434 g/mol. The van der Waals surface area contributed by atoms with Crippen molar-refractivity contribution in [1.82, 2.24) is 14.5 Å². The van der Waals surface area contributed by atoms with Gasteiger partial charge >= 0.3 is 0 Å². The summed E-state index contributed by atoms with van der Waals surface area (Å²) in [6.07, 6.45) is 0. The zero-order chi connectivity index (χ0) is 22.8. The Bertz CT molecular complexity index is 1490. The molecule has 6 nitrogen and oxygen atoms in total. The molecule has 164 valence electrons. The SMILES string of the molecule is COc1cccc(-n2c(SCc3nc(-c4ccccc4)oc3C)nc3ccccc3c2=O)c1. The summed E-state index contributed by atoms with van der Waals surface area (Å²) in [5.74, 6) is 2.51. The molecule has 0 aliphatic carbocycles. The van der Waals surface area contributed by atoms with Gasteiger partial charge in [-0.25, -0.2) is 9.97 Å². The van der Waals surface area contributed by atoms with E-state index in [0.717, 1.165) is 17.0 Å². The second-order valence-corrected chi connectivity index (χ2v) is 8.37. The van der Waals surface area contributed by atoms with Crippen molar-refractivity contribution in [2.45, 2.75) is 17.8 Å². The number of benzene rings is 3. The van der Waals surface area contributed by atoms with Gasteiger partial charge in [-0.3, -0.25) is 9.36 Å². The van der Waals surface area contributed by atoms with Crippen molar-refractivity contribution in [3.63, 3.8) is 0 Å². The van der Waals surface area contributed by atoms with Crippen LogP contribution in [0.3, 0.4) is 0 Å². The highest BCUT2D eigenvalue weighted by molar-refractivity contribution is 7.98. The van der Waals surface area contributed by atoms with E-state index >= 15 is 0 Å². The number of para-hydroxylation sites is 1. The van der Waals surface area contributed by atoms with Crippen LogP contribution in [0.5, 0.6) is 5.75 Å². The zero-order valence-electron chi connectivity index (χ0n) is 18.2. The fourth-order valence-electron chi connectivity index (χ4n) is 3.59. The van der Waals surface area contributed by atoms with Crippen LogP contribution >= 0.6 is 11.8 Å². The number of hydrogen-bond donors (Lipinski definition) is 0. The number of ether oxygens (including phenoxy) is 1. The molecule has 0 aliphatic rings. The van der Waals surface area contributed by atoms with Gasteiger partial charge in [0.1, 0.15) is 11.5 Å². The molecule has 0 unspecified atom stereocenters. The highest BCUT2D eigenvalue weighted by Crippen LogP contribution is 2.29. The van der Waals surface area contributed by atoms with Crippen LogP contribution in [0.25, 0.3) is 28.0 Å². The molecule has 0 bridgehead atoms. The van der Waals surface area contributed by atoms with Gasteiger partial charge in [0.05, 0.1) is 29.4 Å². The Morgan fingerprint density at radius 2 is 1.76 bits per heavy atom. The Morgan fingerprint density at radius 1 is 0.970 bits per heavy atom. The molecule has 0 aliphatic heterocycles. The molecular formula is C26H21N3O3S. The van der Waals surface area contributed by atoms with Gasteiger partial charge in [0.15, 0.2) is 5.16 Å². The minimum atomic E-state index is -0.127. The number of nitrogens with zero attached hydrogens (tertiary/aromatic N) is 3. The molecule has 2 heterocycles. The van der Waals surface area contributed by atoms with E-state index < -0.39 is 0 Å². The third kappa shape index (κ3) is 4.15. The zero-order valence-corrected chi connectivity index (χ0v) is 19.0. The topological polar surface area (TPSA) is 70.2 Å². The van der Waals surface area contributed by atoms with Crippen molar-refractivity contribution in [3.8, 4) is 22.9 Å². The van der Waals surface area contributed by atoms with Crippen molar-refractivity contribution < 1.29 is 9.15 Å². The smallest absolute Gasteiger partial charge is 0.266 e. The van der Waals surface area contributed by atoms with E-state index in [4.69, 9.17) is 14.1 Å². The van der Waals surface area contributed by atoms with Crippen molar-refractivity contribution in [1.29, 1.82) is 0 Å². The van der Waals surface area contributed by atoms with Gasteiger partial charge in [-0.1, -0.05) is 48.2 Å². The van der Waals surface area contributed by atoms with Gasteiger partial charge in [0.2, 0.25) is 5.89 Å². The molecule has 33 heavy (non-hydrogen) atoms. The number of aryl methyl sites for hydroxylation is 1. The first kappa shape index (κ1) is 21.0. The summed E-state index contributed by atoms with van der Waals surface area (Å²) in [5, 5.41) is 1.14. The maximum absolute atomic E-state index is 13.5. The molecule has 5 rings (SSSR count). The second kappa shape index (κ2) is 8.96. The maximum atomic E-state index is 13.5. The van der Waals surface area contributed by atoms with Gasteiger partial charge in [-0.15, -0.1) is 0 Å². The quantitative estimate of drug-likeness (QED) is 0.243. The van der Waals surface area contributed by atoms with Crippen LogP contribution in [0.15, 0.2) is 93.2 Å². The molecule has 7 heteroatoms. The molecule has 0 spiro atoms. The van der Waals surface area contributed by atoms with Crippen molar-refractivity contribution in [2.75, 3.05) is 7.11 Å². The first-order valence-electron chi connectivity index (χ1n) is 10.4. The van der Waals surface area contributed by atoms with E-state index in [-0.39, 0.29) is 5.56 Å². The van der Waals surface area contributed by atoms with E-state index in [2.05, 4.69) is 4.98 Å². The molecule has 0 N–H and O–H groups in total. The van der Waals surface area contributed by atoms with Gasteiger partial charge < -0.3 is 9.15 Å². The molecule has 0 saturated carbocycles. The molecule has 0 amide bonds. The molecule has 5 aromatic rings. The normalized spacial score (nSPS) is 11.1. The lowest BCUT2D eigenvalue weighted by Gasteiger charge is -2.13. The van der Waals surface area contributed by atoms with Crippen LogP contribution in [0.4, 0.5) is 0 Å². The molecule has 0 fully saturated rings. The number of oxazole rings is 1. The number of rotatable bonds is 6. The monoisotopic (exact) mass is 455 g/mol. The van der Waals surface area contributed by atoms with Crippen LogP contribution < -0.4 is 10.3 Å². The van der Waals surface area contributed by atoms with Gasteiger partial charge in [-0.05, 0) is 43.3 Å². The lowest BCUT2D eigenvalue weighted by atomic mass is 10.2. The summed E-state index contributed by atoms with van der Waals surface area (Å²) >= 11 is 1.45. The summed E-state index contributed by atoms with van der Waals surface area (Å²) in [5.41, 5.74) is 2.97. The standard InChI is InChI=1S/C26H21N3O3S/c1-17-23(27-24(32-17)18-9-4-3-5-10-18)16-33-26-28-22-14-7-6-13-21(22)25(30)29(26)19-11-8-12-20(15-19)31-2/h3-15H,16H2,1-2H3. The second-order valence-electron chi connectivity index (χ2n) is 7.43. The van der Waals surface area contributed by atoms with Crippen LogP contribution in [0, 0.1) is 6.92 Å². The minimum absolute atomic E-state index is 0.127. The average Bonchev–Trinajstić information content (AvgIpc) is 3.24. The number of thioether (sulfide) groups is 1. The molecule has 0 atom stereocenters. The Morgan fingerprint density at radius 3 is 2.58 bits per heavy atom. The first-order valence-corrected chi connectivity index (χ1v) is 11.4. The third-order valence-electron chi connectivity index (χ3n) is 5.31. The summed E-state index contributed by atoms with van der Waals surface area (Å²) in [4.78, 5) is 22.9. The van der Waals surface area contributed by atoms with Crippen LogP contribution in [-0.2, 0) is 5.75 Å². The van der Waals surface area contributed by atoms with Crippen molar-refractivity contribution in [3.05, 3.63) is 101 Å². The van der Waals surface area contributed by atoms with Gasteiger partial charge in [-0.2, -0.15) is 0 Å². The minimum Gasteiger partial charge on any atom is -0.497 e. The van der Waals surface area contributed by atoms with Crippen LogP contribution in [-0.4, -0.2) is 21.6 Å². The Kier molecular flexibility index (Phi) is 5.71. The molecule has 0 radical (unpaired) electrons. The van der Waals surface area contributed by atoms with Crippen LogP contribution in [0.1, 0.15) is 11.5 Å². The number of fused-ring (bicyclic) bond motifs is 1. The Balaban J connectivity index is 1.55. The maximum Gasteiger partial charge on any atom is 0.266 e. The predicted octanol–water partition coefficient (Wildman–Crippen LogP) is 5.65. The average molecular weight is 456 g/mol. The van der Waals surface area contributed by atoms with E-state index in [1.165, 1.54) is 11.8 Å². The largest absolute Gasteiger partial charge is 0.497 e. The van der Waals surface area contributed by atoms with Crippen molar-refractivity contribution >= 4 is 22.7 Å². The molecule has 3 aromatic carbocycles. The number of aromatic nitrogens is 3. The fourth-order valence-corrected chi connectivity index (χ4v) is 4.60. The molecule has 0 saturated heterocycles. The van der Waals surface area contributed by atoms with E-state index in [9.17, 15) is 4.79 Å². The summed E-state index contributed by atoms with van der Waals surface area (Å²) in [6, 6.07) is 24.6. The van der Waals surface area contributed by atoms with E-state index in [0.29, 0.717) is 39.1 Å². The Labute approximate surface area is 194 Å². The predicted molar refractivity (Wildman–Crippen MR) is 130 cm³/mol. The highest BCUT2D eigenvalue weighted by atomic mass is 32.2. The lowest BCUT2D eigenvalue weighted by Crippen LogP contribution is -2.21. The van der Waals surface area contributed by atoms with Crippen molar-refractivity contribution in [2.24, 2.45) is 0 Å². The van der Waals surface area contributed by atoms with Gasteiger partial charge in [0.25, 0.3) is 5.56 Å². The van der Waals surface area contributed by atoms with Crippen LogP contribution in [0.2, 0.25) is 0 Å². The lowest BCUT2D eigenvalue weighted by molar-refractivity contribution is 0.414. The first-order chi connectivity index (χ1) is 16.1. The summed E-state index contributed by atoms with van der Waals surface area (Å²) < 4.78 is 12.9. The third-order valence-corrected chi connectivity index (χ3v) is 6.26. The molecule has 2 aromatic heterocycles. The summed E-state index contributed by atoms with van der Waals surface area (Å²) in [6.45, 7) is 1.90. The van der Waals surface area contributed by atoms with Gasteiger partial charge in [0, 0.05) is 17.4 Å². The number of methoxy groups -OCH3 is 1. The fraction of sp³-hybridized carbons (Fsp3) is 0.115. The van der Waals surface area contributed by atoms with E-state index in [1.807, 2.05) is 79.7 Å². The Hall–Kier alpha value is -3.84. The summed E-state index contributed by atoms with van der Waals surface area (Å²) in [7, 11) is 1.61.